The number of aryl methyl sites for hydroxylation is 1. The first-order valence-electron chi connectivity index (χ1n) is 5.28. The summed E-state index contributed by atoms with van der Waals surface area (Å²) in [6.45, 7) is 3.66. The van der Waals surface area contributed by atoms with Crippen molar-refractivity contribution in [3.05, 3.63) is 29.6 Å². The SMILES string of the molecule is COC(C)c1noc(-c2ccc(C)c(O)c2)n1. The molecule has 1 N–H and O–H groups in total. The number of rotatable bonds is 3. The van der Waals surface area contributed by atoms with Crippen molar-refractivity contribution >= 4 is 0 Å². The van der Waals surface area contributed by atoms with Crippen molar-refractivity contribution in [2.75, 3.05) is 7.11 Å². The van der Waals surface area contributed by atoms with Gasteiger partial charge >= 0.3 is 0 Å². The predicted octanol–water partition coefficient (Wildman–Crippen LogP) is 2.46. The fraction of sp³-hybridized carbons (Fsp3) is 0.333. The summed E-state index contributed by atoms with van der Waals surface area (Å²) in [7, 11) is 1.58. The molecule has 0 saturated heterocycles. The maximum Gasteiger partial charge on any atom is 0.258 e. The molecule has 1 aromatic carbocycles. The van der Waals surface area contributed by atoms with Crippen molar-refractivity contribution in [1.82, 2.24) is 10.1 Å². The molecule has 0 bridgehead atoms. The number of phenolic OH excluding ortho intramolecular Hbond substituents is 1. The Morgan fingerprint density at radius 3 is 2.82 bits per heavy atom. The molecule has 2 rings (SSSR count). The van der Waals surface area contributed by atoms with E-state index < -0.39 is 0 Å². The smallest absolute Gasteiger partial charge is 0.258 e. The van der Waals surface area contributed by atoms with E-state index in [2.05, 4.69) is 10.1 Å². The molecule has 5 nitrogen and oxygen atoms in total. The first-order chi connectivity index (χ1) is 8.11. The second-order valence-electron chi connectivity index (χ2n) is 3.84. The van der Waals surface area contributed by atoms with Crippen LogP contribution < -0.4 is 0 Å². The van der Waals surface area contributed by atoms with E-state index in [1.165, 1.54) is 0 Å². The van der Waals surface area contributed by atoms with Gasteiger partial charge in [0, 0.05) is 12.7 Å². The zero-order chi connectivity index (χ0) is 12.4. The van der Waals surface area contributed by atoms with Gasteiger partial charge in [-0.2, -0.15) is 4.98 Å². The van der Waals surface area contributed by atoms with Crippen LogP contribution in [0.3, 0.4) is 0 Å². The number of benzene rings is 1. The maximum atomic E-state index is 9.61. The summed E-state index contributed by atoms with van der Waals surface area (Å²) in [4.78, 5) is 4.21. The molecule has 2 aromatic rings. The number of nitrogens with zero attached hydrogens (tertiary/aromatic N) is 2. The van der Waals surface area contributed by atoms with Crippen LogP contribution in [-0.4, -0.2) is 22.4 Å². The van der Waals surface area contributed by atoms with E-state index in [9.17, 15) is 5.11 Å². The van der Waals surface area contributed by atoms with Gasteiger partial charge in [-0.1, -0.05) is 11.2 Å². The van der Waals surface area contributed by atoms with Gasteiger partial charge in [-0.05, 0) is 31.5 Å². The number of hydrogen-bond donors (Lipinski definition) is 1. The lowest BCUT2D eigenvalue weighted by Gasteiger charge is -2.01. The minimum Gasteiger partial charge on any atom is -0.508 e. The van der Waals surface area contributed by atoms with Gasteiger partial charge < -0.3 is 14.4 Å². The average molecular weight is 234 g/mol. The van der Waals surface area contributed by atoms with E-state index in [0.717, 1.165) is 5.56 Å². The van der Waals surface area contributed by atoms with Crippen molar-refractivity contribution in [3.8, 4) is 17.2 Å². The third-order valence-electron chi connectivity index (χ3n) is 2.61. The van der Waals surface area contributed by atoms with Crippen molar-refractivity contribution in [3.63, 3.8) is 0 Å². The van der Waals surface area contributed by atoms with Gasteiger partial charge in [0.2, 0.25) is 5.82 Å². The van der Waals surface area contributed by atoms with Crippen LogP contribution in [0.4, 0.5) is 0 Å². The van der Waals surface area contributed by atoms with Gasteiger partial charge in [0.15, 0.2) is 0 Å². The van der Waals surface area contributed by atoms with Crippen LogP contribution in [0.5, 0.6) is 5.75 Å². The lowest BCUT2D eigenvalue weighted by molar-refractivity contribution is 0.109. The Labute approximate surface area is 99.0 Å². The summed E-state index contributed by atoms with van der Waals surface area (Å²) in [5.74, 6) is 1.07. The van der Waals surface area contributed by atoms with Crippen molar-refractivity contribution in [2.24, 2.45) is 0 Å². The van der Waals surface area contributed by atoms with Crippen LogP contribution in [0.1, 0.15) is 24.4 Å². The van der Waals surface area contributed by atoms with Gasteiger partial charge in [0.25, 0.3) is 5.89 Å². The molecule has 1 heterocycles. The van der Waals surface area contributed by atoms with E-state index in [1.54, 1.807) is 19.2 Å². The first-order valence-corrected chi connectivity index (χ1v) is 5.28. The number of phenols is 1. The largest absolute Gasteiger partial charge is 0.508 e. The fourth-order valence-electron chi connectivity index (χ4n) is 1.37. The van der Waals surface area contributed by atoms with E-state index >= 15 is 0 Å². The highest BCUT2D eigenvalue weighted by molar-refractivity contribution is 5.57. The van der Waals surface area contributed by atoms with Crippen LogP contribution >= 0.6 is 0 Å². The zero-order valence-electron chi connectivity index (χ0n) is 9.97. The summed E-state index contributed by atoms with van der Waals surface area (Å²) >= 11 is 0. The molecular formula is C12H14N2O3. The summed E-state index contributed by atoms with van der Waals surface area (Å²) < 4.78 is 10.2. The fourth-order valence-corrected chi connectivity index (χ4v) is 1.37. The van der Waals surface area contributed by atoms with Gasteiger partial charge in [-0.15, -0.1) is 0 Å². The van der Waals surface area contributed by atoms with Gasteiger partial charge in [0.1, 0.15) is 11.9 Å². The number of hydrogen-bond acceptors (Lipinski definition) is 5. The predicted molar refractivity (Wildman–Crippen MR) is 61.6 cm³/mol. The lowest BCUT2D eigenvalue weighted by Crippen LogP contribution is -1.97. The summed E-state index contributed by atoms with van der Waals surface area (Å²) in [6, 6.07) is 5.22. The monoisotopic (exact) mass is 234 g/mol. The number of ether oxygens (including phenoxy) is 1. The quantitative estimate of drug-likeness (QED) is 0.883. The summed E-state index contributed by atoms with van der Waals surface area (Å²) in [5.41, 5.74) is 1.49. The molecule has 0 saturated carbocycles. The third-order valence-corrected chi connectivity index (χ3v) is 2.61. The Balaban J connectivity index is 2.33. The number of aromatic hydroxyl groups is 1. The van der Waals surface area contributed by atoms with E-state index in [-0.39, 0.29) is 11.9 Å². The molecule has 17 heavy (non-hydrogen) atoms. The molecular weight excluding hydrogens is 220 g/mol. The molecule has 0 aliphatic carbocycles. The second-order valence-corrected chi connectivity index (χ2v) is 3.84. The van der Waals surface area contributed by atoms with Crippen LogP contribution in [0.2, 0.25) is 0 Å². The average Bonchev–Trinajstić information content (AvgIpc) is 2.81. The van der Waals surface area contributed by atoms with Gasteiger partial charge in [-0.25, -0.2) is 0 Å². The Morgan fingerprint density at radius 1 is 1.41 bits per heavy atom. The molecule has 5 heteroatoms. The van der Waals surface area contributed by atoms with Crippen molar-refractivity contribution in [2.45, 2.75) is 20.0 Å². The Bertz CT molecular complexity index is 522. The van der Waals surface area contributed by atoms with E-state index in [4.69, 9.17) is 9.26 Å². The number of methoxy groups -OCH3 is 1. The summed E-state index contributed by atoms with van der Waals surface area (Å²) in [5, 5.41) is 13.4. The van der Waals surface area contributed by atoms with Gasteiger partial charge in [-0.3, -0.25) is 0 Å². The second kappa shape index (κ2) is 4.55. The van der Waals surface area contributed by atoms with Crippen LogP contribution in [0.25, 0.3) is 11.5 Å². The molecule has 0 amide bonds. The molecule has 0 fully saturated rings. The molecule has 0 aliphatic rings. The molecule has 1 atom stereocenters. The molecule has 90 valence electrons. The van der Waals surface area contributed by atoms with E-state index in [0.29, 0.717) is 17.3 Å². The minimum absolute atomic E-state index is 0.210. The number of aromatic nitrogens is 2. The van der Waals surface area contributed by atoms with Crippen molar-refractivity contribution in [1.29, 1.82) is 0 Å². The third kappa shape index (κ3) is 2.29. The van der Waals surface area contributed by atoms with Crippen LogP contribution in [-0.2, 0) is 4.74 Å². The first kappa shape index (κ1) is 11.6. The Hall–Kier alpha value is -1.88. The molecule has 0 aliphatic heterocycles. The molecule has 1 unspecified atom stereocenters. The molecule has 0 radical (unpaired) electrons. The standard InChI is InChI=1S/C12H14N2O3/c1-7-4-5-9(6-10(7)15)12-13-11(14-17-12)8(2)16-3/h4-6,8,15H,1-3H3. The zero-order valence-corrected chi connectivity index (χ0v) is 9.97. The Kier molecular flexibility index (Phi) is 3.10. The molecule has 1 aromatic heterocycles. The maximum absolute atomic E-state index is 9.61. The normalized spacial score (nSPS) is 12.6. The molecule has 0 spiro atoms. The minimum atomic E-state index is -0.216. The highest BCUT2D eigenvalue weighted by Gasteiger charge is 2.14. The summed E-state index contributed by atoms with van der Waals surface area (Å²) in [6.07, 6.45) is -0.216. The lowest BCUT2D eigenvalue weighted by atomic mass is 10.1. The van der Waals surface area contributed by atoms with Crippen LogP contribution in [0, 0.1) is 6.92 Å². The topological polar surface area (TPSA) is 68.4 Å². The Morgan fingerprint density at radius 2 is 2.18 bits per heavy atom. The highest BCUT2D eigenvalue weighted by Crippen LogP contribution is 2.25. The van der Waals surface area contributed by atoms with Crippen LogP contribution in [0.15, 0.2) is 22.7 Å². The van der Waals surface area contributed by atoms with Crippen molar-refractivity contribution < 1.29 is 14.4 Å². The van der Waals surface area contributed by atoms with Gasteiger partial charge in [0.05, 0.1) is 0 Å². The van der Waals surface area contributed by atoms with E-state index in [1.807, 2.05) is 19.9 Å². The highest BCUT2D eigenvalue weighted by atomic mass is 16.5.